The molecule has 0 aliphatic rings. The number of carbonyl (C=O) groups is 1. The van der Waals surface area contributed by atoms with Gasteiger partial charge in [-0.1, -0.05) is 13.3 Å². The van der Waals surface area contributed by atoms with Crippen LogP contribution in [0.2, 0.25) is 0 Å². The molecule has 0 bridgehead atoms. The maximum atomic E-state index is 12.2. The summed E-state index contributed by atoms with van der Waals surface area (Å²) in [6.45, 7) is 1.75. The molecule has 0 unspecified atom stereocenters. The molecular formula is C13H15N5O. The maximum Gasteiger partial charge on any atom is 0.255 e. The molecule has 0 aliphatic heterocycles. The molecule has 0 aromatic carbocycles. The average Bonchev–Trinajstić information content (AvgIpc) is 2.37. The van der Waals surface area contributed by atoms with Crippen LogP contribution in [0.4, 0.5) is 5.82 Å². The van der Waals surface area contributed by atoms with Gasteiger partial charge in [-0.25, -0.2) is 4.98 Å². The monoisotopic (exact) mass is 257 g/mol. The number of rotatable bonds is 5. The van der Waals surface area contributed by atoms with Crippen molar-refractivity contribution in [3.8, 4) is 12.1 Å². The van der Waals surface area contributed by atoms with Crippen molar-refractivity contribution in [2.75, 3.05) is 18.8 Å². The summed E-state index contributed by atoms with van der Waals surface area (Å²) in [6.07, 6.45) is 1.62. The Morgan fingerprint density at radius 1 is 1.37 bits per heavy atom. The third kappa shape index (κ3) is 3.97. The summed E-state index contributed by atoms with van der Waals surface area (Å²) in [5.74, 6) is -0.113. The van der Waals surface area contributed by atoms with Crippen LogP contribution in [-0.2, 0) is 6.42 Å². The second-order valence-electron chi connectivity index (χ2n) is 4.00. The summed E-state index contributed by atoms with van der Waals surface area (Å²) >= 11 is 0. The number of nitriles is 2. The number of nitrogens with two attached hydrogens (primary N) is 1. The van der Waals surface area contributed by atoms with Crippen LogP contribution in [0.25, 0.3) is 0 Å². The normalized spacial score (nSPS) is 9.42. The zero-order chi connectivity index (χ0) is 14.3. The van der Waals surface area contributed by atoms with Gasteiger partial charge in [0, 0.05) is 11.3 Å². The first-order chi connectivity index (χ1) is 9.12. The quantitative estimate of drug-likeness (QED) is 0.795. The van der Waals surface area contributed by atoms with Crippen LogP contribution in [0.5, 0.6) is 0 Å². The van der Waals surface area contributed by atoms with Gasteiger partial charge in [-0.2, -0.15) is 10.5 Å². The molecule has 0 radical (unpaired) electrons. The number of carbonyl (C=O) groups excluding carboxylic acids is 1. The van der Waals surface area contributed by atoms with Crippen LogP contribution in [0.1, 0.15) is 29.4 Å². The van der Waals surface area contributed by atoms with Crippen molar-refractivity contribution >= 4 is 11.7 Å². The number of aryl methyl sites for hydroxylation is 1. The molecule has 19 heavy (non-hydrogen) atoms. The van der Waals surface area contributed by atoms with E-state index in [2.05, 4.69) is 4.98 Å². The van der Waals surface area contributed by atoms with Gasteiger partial charge in [0.25, 0.3) is 5.91 Å². The smallest absolute Gasteiger partial charge is 0.255 e. The molecule has 0 fully saturated rings. The van der Waals surface area contributed by atoms with Gasteiger partial charge < -0.3 is 10.6 Å². The number of hydrogen-bond donors (Lipinski definition) is 1. The topological polar surface area (TPSA) is 107 Å². The zero-order valence-electron chi connectivity index (χ0n) is 10.8. The fourth-order valence-corrected chi connectivity index (χ4v) is 1.67. The summed E-state index contributed by atoms with van der Waals surface area (Å²) in [5, 5.41) is 17.3. The van der Waals surface area contributed by atoms with Gasteiger partial charge in [-0.15, -0.1) is 0 Å². The number of anilines is 1. The Morgan fingerprint density at radius 2 is 2.00 bits per heavy atom. The van der Waals surface area contributed by atoms with E-state index < -0.39 is 0 Å². The Morgan fingerprint density at radius 3 is 2.53 bits per heavy atom. The molecular weight excluding hydrogens is 242 g/mol. The van der Waals surface area contributed by atoms with Gasteiger partial charge in [-0.3, -0.25) is 4.79 Å². The Hall–Kier alpha value is -2.60. The second-order valence-corrected chi connectivity index (χ2v) is 4.00. The van der Waals surface area contributed by atoms with E-state index in [0.29, 0.717) is 5.56 Å². The van der Waals surface area contributed by atoms with Crippen molar-refractivity contribution < 1.29 is 4.79 Å². The van der Waals surface area contributed by atoms with Crippen LogP contribution in [0.15, 0.2) is 12.1 Å². The number of nitrogens with zero attached hydrogens (tertiary/aromatic N) is 4. The third-order valence-corrected chi connectivity index (χ3v) is 2.46. The minimum Gasteiger partial charge on any atom is -0.384 e. The predicted molar refractivity (Wildman–Crippen MR) is 69.8 cm³/mol. The highest BCUT2D eigenvalue weighted by atomic mass is 16.2. The molecule has 0 saturated carbocycles. The third-order valence-electron chi connectivity index (χ3n) is 2.46. The molecule has 0 spiro atoms. The Kier molecular flexibility index (Phi) is 5.31. The highest BCUT2D eigenvalue weighted by Gasteiger charge is 2.16. The molecule has 1 amide bonds. The Bertz CT molecular complexity index is 525. The molecule has 0 saturated heterocycles. The maximum absolute atomic E-state index is 12.2. The Balaban J connectivity index is 3.04. The lowest BCUT2D eigenvalue weighted by atomic mass is 10.1. The molecule has 0 aliphatic carbocycles. The van der Waals surface area contributed by atoms with Gasteiger partial charge in [-0.05, 0) is 18.6 Å². The number of aromatic nitrogens is 1. The predicted octanol–water partition coefficient (Wildman–Crippen LogP) is 1.11. The first kappa shape index (κ1) is 14.5. The summed E-state index contributed by atoms with van der Waals surface area (Å²) in [7, 11) is 0. The number of nitrogen functional groups attached to an aromatic ring is 1. The zero-order valence-corrected chi connectivity index (χ0v) is 10.8. The molecule has 98 valence electrons. The van der Waals surface area contributed by atoms with E-state index in [9.17, 15) is 4.79 Å². The fourth-order valence-electron chi connectivity index (χ4n) is 1.67. The van der Waals surface area contributed by atoms with E-state index in [0.717, 1.165) is 18.5 Å². The summed E-state index contributed by atoms with van der Waals surface area (Å²) in [4.78, 5) is 17.5. The highest BCUT2D eigenvalue weighted by molar-refractivity contribution is 5.95. The van der Waals surface area contributed by atoms with E-state index >= 15 is 0 Å². The van der Waals surface area contributed by atoms with E-state index in [1.165, 1.54) is 11.0 Å². The molecule has 6 heteroatoms. The average molecular weight is 257 g/mol. The molecule has 6 nitrogen and oxygen atoms in total. The summed E-state index contributed by atoms with van der Waals surface area (Å²) in [6, 6.07) is 6.85. The van der Waals surface area contributed by atoms with Gasteiger partial charge in [0.1, 0.15) is 18.9 Å². The van der Waals surface area contributed by atoms with E-state index in [1.807, 2.05) is 19.1 Å². The molecule has 1 aromatic heterocycles. The fraction of sp³-hybridized carbons (Fsp3) is 0.385. The minimum atomic E-state index is -0.380. The first-order valence-corrected chi connectivity index (χ1v) is 5.92. The van der Waals surface area contributed by atoms with Crippen LogP contribution in [0.3, 0.4) is 0 Å². The van der Waals surface area contributed by atoms with E-state index in [4.69, 9.17) is 16.3 Å². The van der Waals surface area contributed by atoms with Gasteiger partial charge in [0.15, 0.2) is 0 Å². The molecule has 1 heterocycles. The lowest BCUT2D eigenvalue weighted by Crippen LogP contribution is -2.32. The minimum absolute atomic E-state index is 0.127. The Labute approximate surface area is 112 Å². The van der Waals surface area contributed by atoms with E-state index in [1.54, 1.807) is 6.07 Å². The van der Waals surface area contributed by atoms with Crippen molar-refractivity contribution in [2.24, 2.45) is 0 Å². The molecule has 0 atom stereocenters. The van der Waals surface area contributed by atoms with Gasteiger partial charge >= 0.3 is 0 Å². The van der Waals surface area contributed by atoms with Gasteiger partial charge in [0.05, 0.1) is 12.1 Å². The summed E-state index contributed by atoms with van der Waals surface area (Å²) < 4.78 is 0. The van der Waals surface area contributed by atoms with Crippen molar-refractivity contribution in [1.82, 2.24) is 9.88 Å². The summed E-state index contributed by atoms with van der Waals surface area (Å²) in [5.41, 5.74) is 6.76. The van der Waals surface area contributed by atoms with Crippen LogP contribution in [-0.4, -0.2) is 28.9 Å². The SMILES string of the molecule is CCCc1cc(C(=O)N(CC#N)CC#N)cc(N)n1. The highest BCUT2D eigenvalue weighted by Crippen LogP contribution is 2.12. The lowest BCUT2D eigenvalue weighted by Gasteiger charge is -2.16. The standard InChI is InChI=1S/C13H15N5O/c1-2-3-11-8-10(9-12(16)17-11)13(19)18(6-4-14)7-5-15/h8-9H,2-3,6-7H2,1H3,(H2,16,17). The van der Waals surface area contributed by atoms with Crippen molar-refractivity contribution in [2.45, 2.75) is 19.8 Å². The van der Waals surface area contributed by atoms with E-state index in [-0.39, 0.29) is 24.8 Å². The second kappa shape index (κ2) is 6.97. The lowest BCUT2D eigenvalue weighted by molar-refractivity contribution is 0.0794. The number of amides is 1. The van der Waals surface area contributed by atoms with Crippen LogP contribution < -0.4 is 5.73 Å². The van der Waals surface area contributed by atoms with Crippen LogP contribution >= 0.6 is 0 Å². The number of hydrogen-bond acceptors (Lipinski definition) is 5. The first-order valence-electron chi connectivity index (χ1n) is 5.92. The van der Waals surface area contributed by atoms with Crippen molar-refractivity contribution in [3.05, 3.63) is 23.4 Å². The number of pyridine rings is 1. The van der Waals surface area contributed by atoms with Crippen molar-refractivity contribution in [1.29, 1.82) is 10.5 Å². The van der Waals surface area contributed by atoms with Gasteiger partial charge in [0.2, 0.25) is 0 Å². The largest absolute Gasteiger partial charge is 0.384 e. The van der Waals surface area contributed by atoms with Crippen LogP contribution in [0, 0.1) is 22.7 Å². The molecule has 1 rings (SSSR count). The van der Waals surface area contributed by atoms with Crippen molar-refractivity contribution in [3.63, 3.8) is 0 Å². The molecule has 2 N–H and O–H groups in total. The molecule has 1 aromatic rings.